The maximum absolute atomic E-state index is 6.11. The lowest BCUT2D eigenvalue weighted by Gasteiger charge is -2.46. The van der Waals surface area contributed by atoms with Crippen LogP contribution in [0.4, 0.5) is 0 Å². The topological polar surface area (TPSA) is 6.48 Å². The molecule has 2 fully saturated rings. The molecule has 0 N–H and O–H groups in total. The van der Waals surface area contributed by atoms with Crippen molar-refractivity contribution in [3.8, 4) is 0 Å². The van der Waals surface area contributed by atoms with Crippen molar-refractivity contribution in [3.05, 3.63) is 34.9 Å². The van der Waals surface area contributed by atoms with Gasteiger partial charge in [-0.15, -0.1) is 0 Å². The Morgan fingerprint density at radius 3 is 2.95 bits per heavy atom. The summed E-state index contributed by atoms with van der Waals surface area (Å²) in [6, 6.07) is 9.58. The number of rotatable bonds is 2. The Kier molecular flexibility index (Phi) is 4.11. The van der Waals surface area contributed by atoms with E-state index < -0.39 is 0 Å². The first kappa shape index (κ1) is 13.4. The summed E-state index contributed by atoms with van der Waals surface area (Å²) in [5.41, 5.74) is 1.34. The van der Waals surface area contributed by atoms with E-state index in [1.54, 1.807) is 0 Å². The van der Waals surface area contributed by atoms with Crippen LogP contribution in [0, 0.1) is 0 Å². The molecule has 3 rings (SSSR count). The molecular weight excluding hydrogens is 256 g/mol. The molecule has 0 amide bonds. The molecule has 2 aliphatic heterocycles. The molecular formula is C16H23ClN2. The second-order valence-corrected chi connectivity index (χ2v) is 6.35. The molecule has 2 atom stereocenters. The molecule has 2 heterocycles. The van der Waals surface area contributed by atoms with E-state index in [1.807, 2.05) is 6.07 Å². The van der Waals surface area contributed by atoms with Gasteiger partial charge in [-0.2, -0.15) is 0 Å². The average Bonchev–Trinajstić information content (AvgIpc) is 2.46. The lowest BCUT2D eigenvalue weighted by atomic mass is 9.97. The van der Waals surface area contributed by atoms with E-state index in [-0.39, 0.29) is 0 Å². The molecule has 104 valence electrons. The molecule has 2 nitrogen and oxygen atoms in total. The van der Waals surface area contributed by atoms with Crippen molar-refractivity contribution in [1.29, 1.82) is 0 Å². The third kappa shape index (κ3) is 2.96. The van der Waals surface area contributed by atoms with Crippen molar-refractivity contribution >= 4 is 11.6 Å². The van der Waals surface area contributed by atoms with Crippen molar-refractivity contribution in [2.45, 2.75) is 38.3 Å². The van der Waals surface area contributed by atoms with Crippen molar-refractivity contribution in [3.63, 3.8) is 0 Å². The largest absolute Gasteiger partial charge is 0.298 e. The third-order valence-corrected chi connectivity index (χ3v) is 4.98. The van der Waals surface area contributed by atoms with Crippen LogP contribution in [0.3, 0.4) is 0 Å². The Morgan fingerprint density at radius 2 is 2.11 bits per heavy atom. The van der Waals surface area contributed by atoms with E-state index in [9.17, 15) is 0 Å². The van der Waals surface area contributed by atoms with Gasteiger partial charge in [0.1, 0.15) is 0 Å². The number of halogens is 1. The zero-order valence-corrected chi connectivity index (χ0v) is 12.4. The van der Waals surface area contributed by atoms with Crippen molar-refractivity contribution in [2.24, 2.45) is 0 Å². The normalized spacial score (nSPS) is 26.9. The molecule has 0 radical (unpaired) electrons. The van der Waals surface area contributed by atoms with Crippen LogP contribution in [0.15, 0.2) is 24.3 Å². The maximum atomic E-state index is 6.11. The SMILES string of the molecule is C[C@H](c1cccc(Cl)c1)N1CCN2CCCC[C@H]2C1. The van der Waals surface area contributed by atoms with E-state index in [0.717, 1.165) is 11.1 Å². The highest BCUT2D eigenvalue weighted by atomic mass is 35.5. The lowest BCUT2D eigenvalue weighted by Crippen LogP contribution is -2.55. The predicted molar refractivity (Wildman–Crippen MR) is 80.7 cm³/mol. The number of fused-ring (bicyclic) bond motifs is 1. The summed E-state index contributed by atoms with van der Waals surface area (Å²) in [6.07, 6.45) is 4.17. The van der Waals surface area contributed by atoms with Crippen molar-refractivity contribution in [1.82, 2.24) is 9.80 Å². The summed E-state index contributed by atoms with van der Waals surface area (Å²) >= 11 is 6.11. The first-order valence-electron chi connectivity index (χ1n) is 7.47. The first-order chi connectivity index (χ1) is 9.24. The van der Waals surface area contributed by atoms with E-state index in [0.29, 0.717) is 6.04 Å². The third-order valence-electron chi connectivity index (χ3n) is 4.75. The molecule has 0 spiro atoms. The van der Waals surface area contributed by atoms with Gasteiger partial charge in [-0.25, -0.2) is 0 Å². The summed E-state index contributed by atoms with van der Waals surface area (Å²) in [7, 11) is 0. The highest BCUT2D eigenvalue weighted by Gasteiger charge is 2.31. The molecule has 19 heavy (non-hydrogen) atoms. The van der Waals surface area contributed by atoms with Crippen LogP contribution in [-0.4, -0.2) is 42.0 Å². The molecule has 3 heteroatoms. The van der Waals surface area contributed by atoms with Crippen LogP contribution in [0.5, 0.6) is 0 Å². The van der Waals surface area contributed by atoms with Crippen LogP contribution in [-0.2, 0) is 0 Å². The Labute approximate surface area is 121 Å². The van der Waals surface area contributed by atoms with Gasteiger partial charge >= 0.3 is 0 Å². The minimum absolute atomic E-state index is 0.475. The minimum atomic E-state index is 0.475. The number of hydrogen-bond donors (Lipinski definition) is 0. The molecule has 0 aromatic heterocycles. The zero-order chi connectivity index (χ0) is 13.2. The fraction of sp³-hybridized carbons (Fsp3) is 0.625. The van der Waals surface area contributed by atoms with Crippen LogP contribution in [0.25, 0.3) is 0 Å². The van der Waals surface area contributed by atoms with Gasteiger partial charge in [0.25, 0.3) is 0 Å². The highest BCUT2D eigenvalue weighted by Crippen LogP contribution is 2.28. The molecule has 0 aliphatic carbocycles. The molecule has 0 unspecified atom stereocenters. The Morgan fingerprint density at radius 1 is 1.21 bits per heavy atom. The molecule has 2 saturated heterocycles. The van der Waals surface area contributed by atoms with Gasteiger partial charge in [0.05, 0.1) is 0 Å². The Balaban J connectivity index is 1.69. The summed E-state index contributed by atoms with van der Waals surface area (Å²) in [4.78, 5) is 5.31. The summed E-state index contributed by atoms with van der Waals surface area (Å²) in [5.74, 6) is 0. The fourth-order valence-corrected chi connectivity index (χ4v) is 3.71. The van der Waals surface area contributed by atoms with Crippen molar-refractivity contribution < 1.29 is 0 Å². The molecule has 0 saturated carbocycles. The maximum Gasteiger partial charge on any atom is 0.0409 e. The first-order valence-corrected chi connectivity index (χ1v) is 7.85. The number of piperidine rings is 1. The van der Waals surface area contributed by atoms with Crippen molar-refractivity contribution in [2.75, 3.05) is 26.2 Å². The lowest BCUT2D eigenvalue weighted by molar-refractivity contribution is 0.0307. The zero-order valence-electron chi connectivity index (χ0n) is 11.7. The number of benzene rings is 1. The Bertz CT molecular complexity index is 435. The van der Waals surface area contributed by atoms with Gasteiger partial charge in [-0.1, -0.05) is 30.2 Å². The quantitative estimate of drug-likeness (QED) is 0.816. The van der Waals surface area contributed by atoms with Gasteiger partial charge in [-0.3, -0.25) is 9.80 Å². The van der Waals surface area contributed by atoms with E-state index >= 15 is 0 Å². The smallest absolute Gasteiger partial charge is 0.0409 e. The summed E-state index contributed by atoms with van der Waals surface area (Å²) in [6.45, 7) is 7.25. The molecule has 1 aromatic rings. The summed E-state index contributed by atoms with van der Waals surface area (Å²) in [5, 5.41) is 0.848. The van der Waals surface area contributed by atoms with Gasteiger partial charge < -0.3 is 0 Å². The molecule has 2 aliphatic rings. The summed E-state index contributed by atoms with van der Waals surface area (Å²) < 4.78 is 0. The predicted octanol–water partition coefficient (Wildman–Crippen LogP) is 3.57. The van der Waals surface area contributed by atoms with Gasteiger partial charge in [0.2, 0.25) is 0 Å². The molecule has 1 aromatic carbocycles. The van der Waals surface area contributed by atoms with Crippen LogP contribution >= 0.6 is 11.6 Å². The van der Waals surface area contributed by atoms with E-state index in [1.165, 1.54) is 51.0 Å². The van der Waals surface area contributed by atoms with Crippen LogP contribution in [0.1, 0.15) is 37.8 Å². The second-order valence-electron chi connectivity index (χ2n) is 5.91. The van der Waals surface area contributed by atoms with Gasteiger partial charge in [-0.05, 0) is 44.0 Å². The highest BCUT2D eigenvalue weighted by molar-refractivity contribution is 6.30. The molecule has 0 bridgehead atoms. The number of piperazine rings is 1. The van der Waals surface area contributed by atoms with Crippen LogP contribution in [0.2, 0.25) is 5.02 Å². The standard InChI is InChI=1S/C16H23ClN2/c1-13(14-5-4-6-15(17)11-14)19-10-9-18-8-3-2-7-16(18)12-19/h4-6,11,13,16H,2-3,7-10,12H2,1H3/t13-,16+/m1/s1. The second kappa shape index (κ2) is 5.82. The average molecular weight is 279 g/mol. The minimum Gasteiger partial charge on any atom is -0.298 e. The van der Waals surface area contributed by atoms with E-state index in [2.05, 4.69) is 34.9 Å². The van der Waals surface area contributed by atoms with E-state index in [4.69, 9.17) is 11.6 Å². The Hall–Kier alpha value is -0.570. The number of nitrogens with zero attached hydrogens (tertiary/aromatic N) is 2. The number of hydrogen-bond acceptors (Lipinski definition) is 2. The van der Waals surface area contributed by atoms with Crippen LogP contribution < -0.4 is 0 Å². The van der Waals surface area contributed by atoms with Gasteiger partial charge in [0, 0.05) is 36.7 Å². The fourth-order valence-electron chi connectivity index (χ4n) is 3.51. The van der Waals surface area contributed by atoms with Gasteiger partial charge in [0.15, 0.2) is 0 Å². The monoisotopic (exact) mass is 278 g/mol.